The summed E-state index contributed by atoms with van der Waals surface area (Å²) in [7, 11) is 1.91. The molecule has 0 fully saturated rings. The molecule has 2 aromatic heterocycles. The predicted octanol–water partition coefficient (Wildman–Crippen LogP) is 1.76. The third-order valence-electron chi connectivity index (χ3n) is 1.68. The van der Waals surface area contributed by atoms with Crippen LogP contribution in [-0.2, 0) is 7.05 Å². The maximum atomic E-state index is 4.03. The molecule has 0 saturated heterocycles. The van der Waals surface area contributed by atoms with E-state index in [0.717, 1.165) is 17.1 Å². The lowest BCUT2D eigenvalue weighted by Crippen LogP contribution is -1.86. The van der Waals surface area contributed by atoms with Gasteiger partial charge in [-0.05, 0) is 32.9 Å². The summed E-state index contributed by atoms with van der Waals surface area (Å²) in [4.78, 5) is 0. The normalized spacial score (nSPS) is 9.43. The van der Waals surface area contributed by atoms with Crippen LogP contribution in [0.15, 0.2) is 18.3 Å². The number of nitrogens with zero attached hydrogens (tertiary/aromatic N) is 3. The molecular weight excluding hydrogens is 176 g/mol. The zero-order chi connectivity index (χ0) is 10.6. The van der Waals surface area contributed by atoms with Crippen LogP contribution in [0.4, 0.5) is 0 Å². The fourth-order valence-corrected chi connectivity index (χ4v) is 1.09. The summed E-state index contributed by atoms with van der Waals surface area (Å²) in [5, 5.41) is 10.7. The minimum Gasteiger partial charge on any atom is -0.283 e. The van der Waals surface area contributed by atoms with E-state index in [2.05, 4.69) is 15.3 Å². The number of aromatic nitrogens is 4. The highest BCUT2D eigenvalue weighted by Gasteiger charge is 1.84. The number of rotatable bonds is 0. The number of hydrogen-bond acceptors (Lipinski definition) is 2. The molecule has 0 atom stereocenters. The molecule has 0 saturated carbocycles. The van der Waals surface area contributed by atoms with Gasteiger partial charge in [-0.15, -0.1) is 0 Å². The summed E-state index contributed by atoms with van der Waals surface area (Å²) in [6, 6.07) is 3.97. The van der Waals surface area contributed by atoms with Crippen LogP contribution in [0.25, 0.3) is 0 Å². The van der Waals surface area contributed by atoms with Gasteiger partial charge in [0.05, 0.1) is 11.4 Å². The Morgan fingerprint density at radius 1 is 1.21 bits per heavy atom. The molecule has 4 nitrogen and oxygen atoms in total. The molecule has 2 heterocycles. The van der Waals surface area contributed by atoms with Gasteiger partial charge in [0.1, 0.15) is 0 Å². The average molecular weight is 192 g/mol. The predicted molar refractivity (Wildman–Crippen MR) is 56.0 cm³/mol. The van der Waals surface area contributed by atoms with Gasteiger partial charge in [-0.25, -0.2) is 0 Å². The Morgan fingerprint density at radius 3 is 2.07 bits per heavy atom. The zero-order valence-electron chi connectivity index (χ0n) is 9.07. The molecule has 0 unspecified atom stereocenters. The molecule has 0 aliphatic carbocycles. The molecule has 0 amide bonds. The standard InChI is InChI=1S/2C5H8N2/c1-5-3-4-7(2)6-5;1-4-3-5(2)7-6-4/h3-4H,1-2H3;3H,1-2H3,(H,6,7). The summed E-state index contributed by atoms with van der Waals surface area (Å²) in [6.07, 6.45) is 1.93. The lowest BCUT2D eigenvalue weighted by Gasteiger charge is -1.79. The van der Waals surface area contributed by atoms with Crippen molar-refractivity contribution in [2.75, 3.05) is 0 Å². The number of aromatic amines is 1. The summed E-state index contributed by atoms with van der Waals surface area (Å²) >= 11 is 0. The Balaban J connectivity index is 0.000000140. The number of aryl methyl sites for hydroxylation is 4. The van der Waals surface area contributed by atoms with E-state index in [9.17, 15) is 0 Å². The maximum Gasteiger partial charge on any atom is 0.0593 e. The first-order valence-corrected chi connectivity index (χ1v) is 4.53. The van der Waals surface area contributed by atoms with E-state index in [1.807, 2.05) is 46.1 Å². The summed E-state index contributed by atoms with van der Waals surface area (Å²) in [6.45, 7) is 5.92. The second-order valence-corrected chi connectivity index (χ2v) is 3.32. The first-order chi connectivity index (χ1) is 6.58. The molecule has 0 aliphatic rings. The van der Waals surface area contributed by atoms with Crippen LogP contribution in [-0.4, -0.2) is 20.0 Å². The minimum atomic E-state index is 1.05. The Bertz CT molecular complexity index is 315. The second-order valence-electron chi connectivity index (χ2n) is 3.32. The highest BCUT2D eigenvalue weighted by atomic mass is 15.2. The molecule has 14 heavy (non-hydrogen) atoms. The van der Waals surface area contributed by atoms with Crippen molar-refractivity contribution in [3.05, 3.63) is 35.4 Å². The zero-order valence-corrected chi connectivity index (χ0v) is 9.07. The van der Waals surface area contributed by atoms with E-state index in [0.29, 0.717) is 0 Å². The molecule has 2 rings (SSSR count). The third kappa shape index (κ3) is 3.43. The van der Waals surface area contributed by atoms with Crippen molar-refractivity contribution < 1.29 is 0 Å². The topological polar surface area (TPSA) is 46.5 Å². The first-order valence-electron chi connectivity index (χ1n) is 4.53. The van der Waals surface area contributed by atoms with Crippen LogP contribution in [0, 0.1) is 20.8 Å². The van der Waals surface area contributed by atoms with Gasteiger partial charge in [-0.3, -0.25) is 9.78 Å². The van der Waals surface area contributed by atoms with Crippen LogP contribution in [0.2, 0.25) is 0 Å². The van der Waals surface area contributed by atoms with E-state index >= 15 is 0 Å². The largest absolute Gasteiger partial charge is 0.283 e. The monoisotopic (exact) mass is 192 g/mol. The van der Waals surface area contributed by atoms with Gasteiger partial charge in [0, 0.05) is 18.9 Å². The van der Waals surface area contributed by atoms with Crippen molar-refractivity contribution in [3.63, 3.8) is 0 Å². The fraction of sp³-hybridized carbons (Fsp3) is 0.400. The highest BCUT2D eigenvalue weighted by Crippen LogP contribution is 1.92. The molecule has 2 aromatic rings. The third-order valence-corrected chi connectivity index (χ3v) is 1.68. The van der Waals surface area contributed by atoms with E-state index in [-0.39, 0.29) is 0 Å². The van der Waals surface area contributed by atoms with Crippen LogP contribution in [0.3, 0.4) is 0 Å². The van der Waals surface area contributed by atoms with Crippen LogP contribution in [0.5, 0.6) is 0 Å². The molecule has 0 radical (unpaired) electrons. The molecule has 76 valence electrons. The van der Waals surface area contributed by atoms with Crippen molar-refractivity contribution in [1.82, 2.24) is 20.0 Å². The Hall–Kier alpha value is -1.58. The van der Waals surface area contributed by atoms with E-state index in [1.165, 1.54) is 0 Å². The Labute approximate surface area is 84.0 Å². The average Bonchev–Trinajstić information content (AvgIpc) is 2.63. The summed E-state index contributed by atoms with van der Waals surface area (Å²) in [5.41, 5.74) is 3.25. The second kappa shape index (κ2) is 4.60. The van der Waals surface area contributed by atoms with E-state index in [1.54, 1.807) is 4.68 Å². The molecule has 0 spiro atoms. The van der Waals surface area contributed by atoms with Crippen LogP contribution in [0.1, 0.15) is 17.1 Å². The van der Waals surface area contributed by atoms with Crippen molar-refractivity contribution >= 4 is 0 Å². The highest BCUT2D eigenvalue weighted by molar-refractivity contribution is 5.03. The van der Waals surface area contributed by atoms with Crippen LogP contribution < -0.4 is 0 Å². The van der Waals surface area contributed by atoms with Gasteiger partial charge in [0.15, 0.2) is 0 Å². The fourth-order valence-electron chi connectivity index (χ4n) is 1.09. The van der Waals surface area contributed by atoms with Crippen molar-refractivity contribution in [2.24, 2.45) is 7.05 Å². The SMILES string of the molecule is Cc1cc(C)[nH]n1.Cc1ccn(C)n1. The summed E-state index contributed by atoms with van der Waals surface area (Å²) < 4.78 is 1.79. The molecule has 0 aliphatic heterocycles. The minimum absolute atomic E-state index is 1.05. The molecule has 1 N–H and O–H groups in total. The lowest BCUT2D eigenvalue weighted by molar-refractivity contribution is 0.756. The number of hydrogen-bond donors (Lipinski definition) is 1. The van der Waals surface area contributed by atoms with Gasteiger partial charge in [-0.1, -0.05) is 0 Å². The lowest BCUT2D eigenvalue weighted by atomic mass is 10.4. The molecular formula is C10H16N4. The smallest absolute Gasteiger partial charge is 0.0593 e. The number of nitrogens with one attached hydrogen (secondary N) is 1. The van der Waals surface area contributed by atoms with Crippen LogP contribution >= 0.6 is 0 Å². The van der Waals surface area contributed by atoms with Crippen molar-refractivity contribution in [1.29, 1.82) is 0 Å². The van der Waals surface area contributed by atoms with Gasteiger partial charge in [0.2, 0.25) is 0 Å². The Kier molecular flexibility index (Phi) is 3.45. The quantitative estimate of drug-likeness (QED) is 0.691. The first kappa shape index (κ1) is 10.5. The van der Waals surface area contributed by atoms with Gasteiger partial charge in [-0.2, -0.15) is 10.2 Å². The Morgan fingerprint density at radius 2 is 1.93 bits per heavy atom. The molecule has 4 heteroatoms. The van der Waals surface area contributed by atoms with Crippen molar-refractivity contribution in [3.8, 4) is 0 Å². The summed E-state index contributed by atoms with van der Waals surface area (Å²) in [5.74, 6) is 0. The maximum absolute atomic E-state index is 4.03. The van der Waals surface area contributed by atoms with E-state index < -0.39 is 0 Å². The molecule has 0 bridgehead atoms. The van der Waals surface area contributed by atoms with Gasteiger partial charge >= 0.3 is 0 Å². The van der Waals surface area contributed by atoms with Crippen molar-refractivity contribution in [2.45, 2.75) is 20.8 Å². The number of H-pyrrole nitrogens is 1. The molecule has 0 aromatic carbocycles. The van der Waals surface area contributed by atoms with Gasteiger partial charge < -0.3 is 0 Å². The van der Waals surface area contributed by atoms with E-state index in [4.69, 9.17) is 0 Å². The van der Waals surface area contributed by atoms with Gasteiger partial charge in [0.25, 0.3) is 0 Å².